The Labute approximate surface area is 142 Å². The van der Waals surface area contributed by atoms with Gasteiger partial charge in [-0.25, -0.2) is 4.98 Å². The second-order valence-electron chi connectivity index (χ2n) is 4.70. The van der Waals surface area contributed by atoms with Crippen LogP contribution < -0.4 is 4.74 Å². The van der Waals surface area contributed by atoms with Crippen LogP contribution >= 0.6 is 35.0 Å². The maximum atomic E-state index is 6.01. The van der Waals surface area contributed by atoms with Crippen molar-refractivity contribution in [1.82, 2.24) is 15.0 Å². The molecule has 0 aliphatic rings. The molecular formula is C15H13Cl2N3OS. The molecule has 2 heterocycles. The Morgan fingerprint density at radius 1 is 1.27 bits per heavy atom. The first kappa shape index (κ1) is 15.5. The SMILES string of the molecule is COc1ccnc(CSc2nc3cc(Cl)c(Cl)cc3[nH]2)c1C. The van der Waals surface area contributed by atoms with Crippen LogP contribution in [-0.2, 0) is 5.75 Å². The maximum absolute atomic E-state index is 6.01. The fraction of sp³-hybridized carbons (Fsp3) is 0.200. The molecule has 0 aliphatic heterocycles. The van der Waals surface area contributed by atoms with E-state index < -0.39 is 0 Å². The number of thioether (sulfide) groups is 1. The normalized spacial score (nSPS) is 11.1. The van der Waals surface area contributed by atoms with Gasteiger partial charge in [-0.1, -0.05) is 35.0 Å². The van der Waals surface area contributed by atoms with E-state index in [1.54, 1.807) is 37.2 Å². The molecule has 0 amide bonds. The maximum Gasteiger partial charge on any atom is 0.166 e. The van der Waals surface area contributed by atoms with Gasteiger partial charge < -0.3 is 9.72 Å². The summed E-state index contributed by atoms with van der Waals surface area (Å²) >= 11 is 13.6. The van der Waals surface area contributed by atoms with E-state index in [9.17, 15) is 0 Å². The Kier molecular flexibility index (Phi) is 4.47. The molecule has 0 atom stereocenters. The minimum Gasteiger partial charge on any atom is -0.496 e. The van der Waals surface area contributed by atoms with Crippen LogP contribution in [0, 0.1) is 6.92 Å². The van der Waals surface area contributed by atoms with Gasteiger partial charge in [0.25, 0.3) is 0 Å². The highest BCUT2D eigenvalue weighted by Gasteiger charge is 2.10. The minimum absolute atomic E-state index is 0.502. The van der Waals surface area contributed by atoms with Gasteiger partial charge in [0, 0.05) is 17.5 Å². The van der Waals surface area contributed by atoms with Crippen molar-refractivity contribution in [1.29, 1.82) is 0 Å². The molecule has 1 N–H and O–H groups in total. The Bertz CT molecular complexity index is 796. The molecule has 4 nitrogen and oxygen atoms in total. The molecule has 0 saturated heterocycles. The van der Waals surface area contributed by atoms with Crippen LogP contribution in [0.15, 0.2) is 29.6 Å². The Morgan fingerprint density at radius 2 is 2.05 bits per heavy atom. The number of benzene rings is 1. The number of ether oxygens (including phenoxy) is 1. The summed E-state index contributed by atoms with van der Waals surface area (Å²) in [4.78, 5) is 12.1. The number of nitrogens with one attached hydrogen (secondary N) is 1. The zero-order valence-electron chi connectivity index (χ0n) is 12.0. The third-order valence-electron chi connectivity index (χ3n) is 3.33. The number of pyridine rings is 1. The number of imidazole rings is 1. The molecule has 0 unspecified atom stereocenters. The quantitative estimate of drug-likeness (QED) is 0.679. The fourth-order valence-corrected chi connectivity index (χ4v) is 3.34. The molecule has 0 spiro atoms. The average Bonchev–Trinajstić information content (AvgIpc) is 2.88. The second-order valence-corrected chi connectivity index (χ2v) is 6.48. The zero-order chi connectivity index (χ0) is 15.7. The highest BCUT2D eigenvalue weighted by Crippen LogP contribution is 2.30. The number of fused-ring (bicyclic) bond motifs is 1. The van der Waals surface area contributed by atoms with Gasteiger partial charge in [0.2, 0.25) is 0 Å². The van der Waals surface area contributed by atoms with E-state index >= 15 is 0 Å². The second kappa shape index (κ2) is 6.36. The molecule has 0 aliphatic carbocycles. The summed E-state index contributed by atoms with van der Waals surface area (Å²) in [7, 11) is 1.66. The third-order valence-corrected chi connectivity index (χ3v) is 4.93. The minimum atomic E-state index is 0.502. The summed E-state index contributed by atoms with van der Waals surface area (Å²) in [6.07, 6.45) is 1.75. The Hall–Kier alpha value is -1.43. The monoisotopic (exact) mass is 353 g/mol. The molecule has 22 heavy (non-hydrogen) atoms. The lowest BCUT2D eigenvalue weighted by molar-refractivity contribution is 0.410. The predicted octanol–water partition coefficient (Wildman–Crippen LogP) is 4.87. The number of aromatic nitrogens is 3. The van der Waals surface area contributed by atoms with Crippen molar-refractivity contribution in [2.75, 3.05) is 7.11 Å². The summed E-state index contributed by atoms with van der Waals surface area (Å²) in [5, 5.41) is 1.82. The van der Waals surface area contributed by atoms with E-state index in [2.05, 4.69) is 15.0 Å². The smallest absolute Gasteiger partial charge is 0.166 e. The van der Waals surface area contributed by atoms with Crippen LogP contribution in [0.4, 0.5) is 0 Å². The molecule has 0 saturated carbocycles. The van der Waals surface area contributed by atoms with Crippen molar-refractivity contribution in [2.45, 2.75) is 17.8 Å². The first-order valence-corrected chi connectivity index (χ1v) is 8.28. The average molecular weight is 354 g/mol. The first-order valence-electron chi connectivity index (χ1n) is 6.54. The molecule has 3 rings (SSSR count). The van der Waals surface area contributed by atoms with Crippen LogP contribution in [-0.4, -0.2) is 22.1 Å². The number of hydrogen-bond donors (Lipinski definition) is 1. The van der Waals surface area contributed by atoms with E-state index in [4.69, 9.17) is 27.9 Å². The fourth-order valence-electron chi connectivity index (χ4n) is 2.11. The van der Waals surface area contributed by atoms with Gasteiger partial charge in [-0.3, -0.25) is 4.98 Å². The van der Waals surface area contributed by atoms with Crippen LogP contribution in [0.5, 0.6) is 5.75 Å². The van der Waals surface area contributed by atoms with Gasteiger partial charge in [0.1, 0.15) is 5.75 Å². The summed E-state index contributed by atoms with van der Waals surface area (Å²) in [5.74, 6) is 1.54. The Morgan fingerprint density at radius 3 is 2.82 bits per heavy atom. The summed E-state index contributed by atoms with van der Waals surface area (Å²) < 4.78 is 5.31. The van der Waals surface area contributed by atoms with E-state index in [1.165, 1.54) is 0 Å². The van der Waals surface area contributed by atoms with Crippen molar-refractivity contribution >= 4 is 46.0 Å². The largest absolute Gasteiger partial charge is 0.496 e. The van der Waals surface area contributed by atoms with E-state index in [1.807, 2.05) is 13.0 Å². The van der Waals surface area contributed by atoms with Crippen LogP contribution in [0.3, 0.4) is 0 Å². The van der Waals surface area contributed by atoms with Crippen molar-refractivity contribution in [3.05, 3.63) is 45.7 Å². The van der Waals surface area contributed by atoms with E-state index in [-0.39, 0.29) is 0 Å². The number of rotatable bonds is 4. The van der Waals surface area contributed by atoms with Gasteiger partial charge in [0.15, 0.2) is 5.16 Å². The summed E-state index contributed by atoms with van der Waals surface area (Å²) in [6, 6.07) is 5.40. The van der Waals surface area contributed by atoms with Gasteiger partial charge in [-0.05, 0) is 25.1 Å². The van der Waals surface area contributed by atoms with Gasteiger partial charge >= 0.3 is 0 Å². The number of halogens is 2. The van der Waals surface area contributed by atoms with Crippen LogP contribution in [0.2, 0.25) is 10.0 Å². The molecular weight excluding hydrogens is 341 g/mol. The number of nitrogens with zero attached hydrogens (tertiary/aromatic N) is 2. The summed E-state index contributed by atoms with van der Waals surface area (Å²) in [6.45, 7) is 2.00. The standard InChI is InChI=1S/C15H13Cl2N3OS/c1-8-13(18-4-3-14(8)21-2)7-22-15-19-11-5-9(16)10(17)6-12(11)20-15/h3-6H,7H2,1-2H3,(H,19,20). The van der Waals surface area contributed by atoms with E-state index in [0.717, 1.165) is 33.2 Å². The van der Waals surface area contributed by atoms with Crippen LogP contribution in [0.25, 0.3) is 11.0 Å². The van der Waals surface area contributed by atoms with Crippen molar-refractivity contribution < 1.29 is 4.74 Å². The van der Waals surface area contributed by atoms with E-state index in [0.29, 0.717) is 15.8 Å². The molecule has 3 aromatic rings. The lowest BCUT2D eigenvalue weighted by Crippen LogP contribution is -1.95. The third kappa shape index (κ3) is 3.02. The first-order chi connectivity index (χ1) is 10.6. The van der Waals surface area contributed by atoms with Crippen molar-refractivity contribution in [3.63, 3.8) is 0 Å². The van der Waals surface area contributed by atoms with Gasteiger partial charge in [-0.2, -0.15) is 0 Å². The van der Waals surface area contributed by atoms with Gasteiger partial charge in [0.05, 0.1) is 33.9 Å². The molecule has 114 valence electrons. The number of methoxy groups -OCH3 is 1. The highest BCUT2D eigenvalue weighted by atomic mass is 35.5. The lowest BCUT2D eigenvalue weighted by atomic mass is 10.2. The van der Waals surface area contributed by atoms with Crippen LogP contribution in [0.1, 0.15) is 11.3 Å². The van der Waals surface area contributed by atoms with Crippen molar-refractivity contribution in [3.8, 4) is 5.75 Å². The molecule has 2 aromatic heterocycles. The molecule has 7 heteroatoms. The zero-order valence-corrected chi connectivity index (χ0v) is 14.3. The topological polar surface area (TPSA) is 50.8 Å². The molecule has 1 aromatic carbocycles. The van der Waals surface area contributed by atoms with Crippen molar-refractivity contribution in [2.24, 2.45) is 0 Å². The number of aromatic amines is 1. The number of hydrogen-bond acceptors (Lipinski definition) is 4. The Balaban J connectivity index is 1.82. The molecule has 0 radical (unpaired) electrons. The molecule has 0 fully saturated rings. The molecule has 0 bridgehead atoms. The summed E-state index contributed by atoms with van der Waals surface area (Å²) in [5.41, 5.74) is 3.68. The highest BCUT2D eigenvalue weighted by molar-refractivity contribution is 7.98. The van der Waals surface area contributed by atoms with Gasteiger partial charge in [-0.15, -0.1) is 0 Å². The lowest BCUT2D eigenvalue weighted by Gasteiger charge is -2.08. The number of H-pyrrole nitrogens is 1. The predicted molar refractivity (Wildman–Crippen MR) is 91.2 cm³/mol.